The number of fused-ring (bicyclic) bond motifs is 3. The highest BCUT2D eigenvalue weighted by Gasteiger charge is 2.39. The first-order valence-electron chi connectivity index (χ1n) is 9.53. The summed E-state index contributed by atoms with van der Waals surface area (Å²) in [4.78, 5) is 19.7. The summed E-state index contributed by atoms with van der Waals surface area (Å²) in [6.07, 6.45) is 4.94. The van der Waals surface area contributed by atoms with E-state index in [1.54, 1.807) is 10.9 Å². The Morgan fingerprint density at radius 1 is 1.19 bits per heavy atom. The molecule has 5 rings (SSSR count). The number of amides is 1. The van der Waals surface area contributed by atoms with Crippen LogP contribution in [-0.2, 0) is 0 Å². The third-order valence-electron chi connectivity index (χ3n) is 5.82. The predicted octanol–water partition coefficient (Wildman–Crippen LogP) is 2.09. The zero-order valence-corrected chi connectivity index (χ0v) is 15.3. The Balaban J connectivity index is 1.50. The Labute approximate surface area is 157 Å². The van der Waals surface area contributed by atoms with Gasteiger partial charge < -0.3 is 10.2 Å². The van der Waals surface area contributed by atoms with Crippen LogP contribution in [0.5, 0.6) is 0 Å². The van der Waals surface area contributed by atoms with Crippen LogP contribution >= 0.6 is 0 Å². The van der Waals surface area contributed by atoms with Gasteiger partial charge in [-0.1, -0.05) is 11.3 Å². The van der Waals surface area contributed by atoms with E-state index in [2.05, 4.69) is 20.6 Å². The van der Waals surface area contributed by atoms with Gasteiger partial charge in [0.1, 0.15) is 0 Å². The first-order chi connectivity index (χ1) is 13.2. The smallest absolute Gasteiger partial charge is 0.276 e. The molecule has 0 aliphatic carbocycles. The van der Waals surface area contributed by atoms with Crippen LogP contribution in [-0.4, -0.2) is 56.0 Å². The van der Waals surface area contributed by atoms with Crippen molar-refractivity contribution in [2.45, 2.75) is 38.3 Å². The molecule has 2 aliphatic heterocycles. The number of carbonyl (C=O) groups is 1. The average Bonchev–Trinajstić information content (AvgIpc) is 3.19. The van der Waals surface area contributed by atoms with Crippen LogP contribution in [0.15, 0.2) is 36.5 Å². The molecule has 2 saturated heterocycles. The molecule has 0 spiro atoms. The quantitative estimate of drug-likeness (QED) is 0.755. The minimum atomic E-state index is 0.0115. The lowest BCUT2D eigenvalue weighted by atomic mass is 10.1. The van der Waals surface area contributed by atoms with Gasteiger partial charge in [-0.15, -0.1) is 5.10 Å². The molecule has 2 bridgehead atoms. The molecule has 2 fully saturated rings. The lowest BCUT2D eigenvalue weighted by Gasteiger charge is -2.27. The minimum absolute atomic E-state index is 0.0115. The Hall–Kier alpha value is -2.80. The normalized spacial score (nSPS) is 22.2. The standard InChI is InChI=1S/C20H22N6O/c1-13-19(20(27)25-15-4-5-17(25)12-21-10-8-15)23-24-26(13)16-6-7-18-14(11-16)3-2-9-22-18/h2-3,6-7,9,11,15,17,21H,4-5,8,10,12H2,1H3. The maximum atomic E-state index is 13.3. The topological polar surface area (TPSA) is 75.9 Å². The second-order valence-corrected chi connectivity index (χ2v) is 7.41. The molecule has 2 aliphatic rings. The molecule has 27 heavy (non-hydrogen) atoms. The first kappa shape index (κ1) is 16.4. The summed E-state index contributed by atoms with van der Waals surface area (Å²) in [6.45, 7) is 3.76. The van der Waals surface area contributed by atoms with E-state index >= 15 is 0 Å². The van der Waals surface area contributed by atoms with Gasteiger partial charge in [-0.3, -0.25) is 9.78 Å². The van der Waals surface area contributed by atoms with Crippen molar-refractivity contribution >= 4 is 16.8 Å². The number of carbonyl (C=O) groups excluding carboxylic acids is 1. The lowest BCUT2D eigenvalue weighted by molar-refractivity contribution is 0.0673. The summed E-state index contributed by atoms with van der Waals surface area (Å²) in [7, 11) is 0. The van der Waals surface area contributed by atoms with Gasteiger partial charge >= 0.3 is 0 Å². The molecule has 4 heterocycles. The number of hydrogen-bond donors (Lipinski definition) is 1. The van der Waals surface area contributed by atoms with E-state index < -0.39 is 0 Å². The predicted molar refractivity (Wildman–Crippen MR) is 102 cm³/mol. The van der Waals surface area contributed by atoms with Crippen LogP contribution in [0.25, 0.3) is 16.6 Å². The maximum Gasteiger partial charge on any atom is 0.276 e. The minimum Gasteiger partial charge on any atom is -0.330 e. The Kier molecular flexibility index (Phi) is 3.89. The van der Waals surface area contributed by atoms with Crippen molar-refractivity contribution in [3.05, 3.63) is 47.9 Å². The van der Waals surface area contributed by atoms with Crippen LogP contribution < -0.4 is 5.32 Å². The third-order valence-corrected chi connectivity index (χ3v) is 5.82. The van der Waals surface area contributed by atoms with Gasteiger partial charge in [0, 0.05) is 30.2 Å². The highest BCUT2D eigenvalue weighted by molar-refractivity contribution is 5.94. The Morgan fingerprint density at radius 3 is 3.00 bits per heavy atom. The largest absolute Gasteiger partial charge is 0.330 e. The molecule has 0 saturated carbocycles. The molecule has 2 atom stereocenters. The molecule has 138 valence electrons. The summed E-state index contributed by atoms with van der Waals surface area (Å²) in [5.74, 6) is 0.0115. The van der Waals surface area contributed by atoms with Crippen LogP contribution in [0.4, 0.5) is 0 Å². The van der Waals surface area contributed by atoms with E-state index in [0.29, 0.717) is 11.7 Å². The SMILES string of the molecule is Cc1c(C(=O)N2C3CCNCC2CC3)nnn1-c1ccc2ncccc2c1. The highest BCUT2D eigenvalue weighted by Crippen LogP contribution is 2.30. The lowest BCUT2D eigenvalue weighted by Crippen LogP contribution is -2.43. The van der Waals surface area contributed by atoms with Crippen LogP contribution in [0, 0.1) is 6.92 Å². The number of rotatable bonds is 2. The molecule has 2 unspecified atom stereocenters. The monoisotopic (exact) mass is 362 g/mol. The van der Waals surface area contributed by atoms with Crippen molar-refractivity contribution in [3.8, 4) is 5.69 Å². The van der Waals surface area contributed by atoms with Gasteiger partial charge in [0.05, 0.1) is 16.9 Å². The molecule has 7 nitrogen and oxygen atoms in total. The van der Waals surface area contributed by atoms with Gasteiger partial charge in [-0.2, -0.15) is 0 Å². The third kappa shape index (κ3) is 2.70. The molecule has 0 radical (unpaired) electrons. The van der Waals surface area contributed by atoms with E-state index in [0.717, 1.165) is 54.6 Å². The fraction of sp³-hybridized carbons (Fsp3) is 0.400. The molecule has 2 aromatic heterocycles. The zero-order valence-electron chi connectivity index (χ0n) is 15.3. The van der Waals surface area contributed by atoms with Gasteiger partial charge in [0.15, 0.2) is 5.69 Å². The average molecular weight is 362 g/mol. The maximum absolute atomic E-state index is 13.3. The number of nitrogens with zero attached hydrogens (tertiary/aromatic N) is 5. The van der Waals surface area contributed by atoms with E-state index in [1.807, 2.05) is 42.2 Å². The van der Waals surface area contributed by atoms with Crippen LogP contribution in [0.2, 0.25) is 0 Å². The van der Waals surface area contributed by atoms with Gasteiger partial charge in [-0.25, -0.2) is 4.68 Å². The number of pyridine rings is 1. The fourth-order valence-electron chi connectivity index (χ4n) is 4.40. The summed E-state index contributed by atoms with van der Waals surface area (Å²) >= 11 is 0. The number of aromatic nitrogens is 4. The summed E-state index contributed by atoms with van der Waals surface area (Å²) in [5, 5.41) is 13.0. The highest BCUT2D eigenvalue weighted by atomic mass is 16.2. The Bertz CT molecular complexity index is 999. The van der Waals surface area contributed by atoms with Crippen molar-refractivity contribution < 1.29 is 4.79 Å². The number of hydrogen-bond acceptors (Lipinski definition) is 5. The zero-order chi connectivity index (χ0) is 18.4. The van der Waals surface area contributed by atoms with E-state index in [9.17, 15) is 4.79 Å². The van der Waals surface area contributed by atoms with Crippen LogP contribution in [0.1, 0.15) is 35.4 Å². The van der Waals surface area contributed by atoms with Crippen molar-refractivity contribution in [2.24, 2.45) is 0 Å². The van der Waals surface area contributed by atoms with E-state index in [1.165, 1.54) is 0 Å². The molecular weight excluding hydrogens is 340 g/mol. The van der Waals surface area contributed by atoms with Crippen molar-refractivity contribution in [1.29, 1.82) is 0 Å². The summed E-state index contributed by atoms with van der Waals surface area (Å²) in [6, 6.07) is 10.5. The van der Waals surface area contributed by atoms with Crippen LogP contribution in [0.3, 0.4) is 0 Å². The van der Waals surface area contributed by atoms with Crippen molar-refractivity contribution in [3.63, 3.8) is 0 Å². The summed E-state index contributed by atoms with van der Waals surface area (Å²) in [5.41, 5.74) is 3.06. The molecular formula is C20H22N6O. The van der Waals surface area contributed by atoms with Gasteiger partial charge in [0.25, 0.3) is 5.91 Å². The molecule has 1 aromatic carbocycles. The summed E-state index contributed by atoms with van der Waals surface area (Å²) < 4.78 is 1.75. The van der Waals surface area contributed by atoms with E-state index in [-0.39, 0.29) is 11.9 Å². The fourth-order valence-corrected chi connectivity index (χ4v) is 4.40. The first-order valence-corrected chi connectivity index (χ1v) is 9.53. The number of nitrogens with one attached hydrogen (secondary N) is 1. The van der Waals surface area contributed by atoms with Crippen molar-refractivity contribution in [2.75, 3.05) is 13.1 Å². The molecule has 7 heteroatoms. The van der Waals surface area contributed by atoms with Gasteiger partial charge in [0.2, 0.25) is 0 Å². The second-order valence-electron chi connectivity index (χ2n) is 7.41. The Morgan fingerprint density at radius 2 is 2.07 bits per heavy atom. The molecule has 1 amide bonds. The second kappa shape index (κ2) is 6.42. The molecule has 1 N–H and O–H groups in total. The van der Waals surface area contributed by atoms with Gasteiger partial charge in [-0.05, 0) is 57.0 Å². The van der Waals surface area contributed by atoms with E-state index in [4.69, 9.17) is 0 Å². The number of benzene rings is 1. The molecule has 3 aromatic rings. The van der Waals surface area contributed by atoms with Crippen molar-refractivity contribution in [1.82, 2.24) is 30.2 Å².